The second-order valence-corrected chi connectivity index (χ2v) is 8.32. The standard InChI is InChI=1S/C23H24F3N3O4/c1-22(2,3)33-21(31)27-11-4-12-29-19-10-5-15(14-30)13-18(19)20(28-29)16-6-8-17(9-7-16)32-23(24,25)26/h5-10,13-14H,4,11-12H2,1-3H3,(H,27,31). The lowest BCUT2D eigenvalue weighted by atomic mass is 10.1. The maximum absolute atomic E-state index is 12.4. The highest BCUT2D eigenvalue weighted by Gasteiger charge is 2.31. The minimum absolute atomic E-state index is 0.336. The van der Waals surface area contributed by atoms with Gasteiger partial charge in [-0.1, -0.05) is 0 Å². The number of benzene rings is 2. The number of hydrogen-bond acceptors (Lipinski definition) is 5. The van der Waals surface area contributed by atoms with Crippen molar-refractivity contribution in [1.82, 2.24) is 15.1 Å². The summed E-state index contributed by atoms with van der Waals surface area (Å²) >= 11 is 0. The van der Waals surface area contributed by atoms with Crippen molar-refractivity contribution in [3.63, 3.8) is 0 Å². The van der Waals surface area contributed by atoms with E-state index in [2.05, 4.69) is 15.2 Å². The van der Waals surface area contributed by atoms with E-state index in [0.29, 0.717) is 48.0 Å². The number of aromatic nitrogens is 2. The van der Waals surface area contributed by atoms with E-state index in [1.807, 2.05) is 0 Å². The topological polar surface area (TPSA) is 82.4 Å². The largest absolute Gasteiger partial charge is 0.573 e. The Kier molecular flexibility index (Phi) is 6.95. The summed E-state index contributed by atoms with van der Waals surface area (Å²) in [5.41, 5.74) is 1.71. The van der Waals surface area contributed by atoms with Crippen LogP contribution in [-0.4, -0.2) is 40.7 Å². The lowest BCUT2D eigenvalue weighted by molar-refractivity contribution is -0.274. The number of amides is 1. The maximum Gasteiger partial charge on any atom is 0.573 e. The predicted molar refractivity (Wildman–Crippen MR) is 116 cm³/mol. The molecule has 0 aliphatic heterocycles. The Labute approximate surface area is 188 Å². The molecule has 1 heterocycles. The monoisotopic (exact) mass is 463 g/mol. The number of rotatable bonds is 7. The van der Waals surface area contributed by atoms with E-state index in [1.54, 1.807) is 43.7 Å². The van der Waals surface area contributed by atoms with E-state index < -0.39 is 18.1 Å². The molecule has 1 N–H and O–H groups in total. The summed E-state index contributed by atoms with van der Waals surface area (Å²) in [6, 6.07) is 10.5. The Hall–Kier alpha value is -3.56. The number of carbonyl (C=O) groups is 2. The van der Waals surface area contributed by atoms with Crippen molar-refractivity contribution in [3.8, 4) is 17.0 Å². The van der Waals surface area contributed by atoms with Crippen molar-refractivity contribution < 1.29 is 32.2 Å². The lowest BCUT2D eigenvalue weighted by Gasteiger charge is -2.19. The van der Waals surface area contributed by atoms with Gasteiger partial charge in [-0.15, -0.1) is 13.2 Å². The van der Waals surface area contributed by atoms with Crippen LogP contribution in [0.15, 0.2) is 42.5 Å². The number of ether oxygens (including phenoxy) is 2. The fourth-order valence-corrected chi connectivity index (χ4v) is 3.20. The van der Waals surface area contributed by atoms with Crippen molar-refractivity contribution in [3.05, 3.63) is 48.0 Å². The summed E-state index contributed by atoms with van der Waals surface area (Å²) in [4.78, 5) is 23.0. The van der Waals surface area contributed by atoms with Gasteiger partial charge in [0.15, 0.2) is 0 Å². The first-order valence-electron chi connectivity index (χ1n) is 10.2. The first-order chi connectivity index (χ1) is 15.4. The number of alkyl carbamates (subject to hydrolysis) is 1. The minimum atomic E-state index is -4.78. The molecule has 10 heteroatoms. The molecular formula is C23H24F3N3O4. The minimum Gasteiger partial charge on any atom is -0.444 e. The second-order valence-electron chi connectivity index (χ2n) is 8.32. The molecule has 0 radical (unpaired) electrons. The van der Waals surface area contributed by atoms with Gasteiger partial charge in [-0.2, -0.15) is 5.10 Å². The van der Waals surface area contributed by atoms with Gasteiger partial charge in [-0.25, -0.2) is 4.79 Å². The second kappa shape index (κ2) is 9.51. The number of nitrogens with zero attached hydrogens (tertiary/aromatic N) is 2. The van der Waals surface area contributed by atoms with Crippen molar-refractivity contribution in [2.45, 2.75) is 45.7 Å². The molecule has 0 saturated heterocycles. The molecule has 0 spiro atoms. The van der Waals surface area contributed by atoms with Crippen LogP contribution in [0.2, 0.25) is 0 Å². The third-order valence-corrected chi connectivity index (χ3v) is 4.49. The van der Waals surface area contributed by atoms with Crippen molar-refractivity contribution >= 4 is 23.3 Å². The Morgan fingerprint density at radius 2 is 1.82 bits per heavy atom. The third-order valence-electron chi connectivity index (χ3n) is 4.49. The van der Waals surface area contributed by atoms with E-state index in [4.69, 9.17) is 4.74 Å². The average Bonchev–Trinajstić information content (AvgIpc) is 3.07. The Morgan fingerprint density at radius 1 is 1.12 bits per heavy atom. The zero-order valence-corrected chi connectivity index (χ0v) is 18.4. The van der Waals surface area contributed by atoms with Crippen LogP contribution in [0.3, 0.4) is 0 Å². The highest BCUT2D eigenvalue weighted by molar-refractivity contribution is 5.96. The molecule has 7 nitrogen and oxygen atoms in total. The van der Waals surface area contributed by atoms with Crippen LogP contribution in [0.5, 0.6) is 5.75 Å². The summed E-state index contributed by atoms with van der Waals surface area (Å²) in [6.07, 6.45) is -4.01. The highest BCUT2D eigenvalue weighted by Crippen LogP contribution is 2.31. The van der Waals surface area contributed by atoms with Crippen LogP contribution in [0, 0.1) is 0 Å². The van der Waals surface area contributed by atoms with Gasteiger partial charge in [0.05, 0.1) is 5.52 Å². The molecule has 2 aromatic carbocycles. The van der Waals surface area contributed by atoms with Crippen molar-refractivity contribution in [1.29, 1.82) is 0 Å². The van der Waals surface area contributed by atoms with Gasteiger partial charge >= 0.3 is 12.5 Å². The fourth-order valence-electron chi connectivity index (χ4n) is 3.20. The molecule has 0 saturated carbocycles. The number of hydrogen-bond donors (Lipinski definition) is 1. The molecule has 0 aliphatic carbocycles. The van der Waals surface area contributed by atoms with Gasteiger partial charge in [-0.05, 0) is 69.7 Å². The number of halogens is 3. The maximum atomic E-state index is 12.4. The number of aldehydes is 1. The van der Waals surface area contributed by atoms with Gasteiger partial charge in [0.2, 0.25) is 0 Å². The lowest BCUT2D eigenvalue weighted by Crippen LogP contribution is -2.33. The van der Waals surface area contributed by atoms with E-state index in [1.165, 1.54) is 24.3 Å². The quantitative estimate of drug-likeness (QED) is 0.378. The Balaban J connectivity index is 1.80. The van der Waals surface area contributed by atoms with E-state index in [0.717, 1.165) is 5.52 Å². The van der Waals surface area contributed by atoms with Gasteiger partial charge in [0, 0.05) is 29.6 Å². The molecule has 176 valence electrons. The zero-order chi connectivity index (χ0) is 24.2. The first kappa shape index (κ1) is 24.1. The van der Waals surface area contributed by atoms with Gasteiger partial charge in [0.25, 0.3) is 0 Å². The van der Waals surface area contributed by atoms with Crippen molar-refractivity contribution in [2.75, 3.05) is 6.54 Å². The van der Waals surface area contributed by atoms with E-state index in [9.17, 15) is 22.8 Å². The molecule has 3 aromatic rings. The van der Waals surface area contributed by atoms with Crippen LogP contribution < -0.4 is 10.1 Å². The summed E-state index contributed by atoms with van der Waals surface area (Å²) in [5, 5.41) is 7.98. The van der Waals surface area contributed by atoms with E-state index >= 15 is 0 Å². The number of aryl methyl sites for hydroxylation is 1. The van der Waals surface area contributed by atoms with Crippen LogP contribution in [0.4, 0.5) is 18.0 Å². The molecule has 1 aromatic heterocycles. The number of carbonyl (C=O) groups excluding carboxylic acids is 2. The molecule has 33 heavy (non-hydrogen) atoms. The van der Waals surface area contributed by atoms with Crippen LogP contribution in [-0.2, 0) is 11.3 Å². The fraction of sp³-hybridized carbons (Fsp3) is 0.348. The molecule has 0 bridgehead atoms. The molecule has 0 unspecified atom stereocenters. The average molecular weight is 463 g/mol. The smallest absolute Gasteiger partial charge is 0.444 e. The van der Waals surface area contributed by atoms with Crippen LogP contribution in [0.25, 0.3) is 22.2 Å². The number of nitrogens with one attached hydrogen (secondary N) is 1. The summed E-state index contributed by atoms with van der Waals surface area (Å²) in [7, 11) is 0. The molecule has 0 atom stereocenters. The predicted octanol–water partition coefficient (Wildman–Crippen LogP) is 5.33. The summed E-state index contributed by atoms with van der Waals surface area (Å²) in [5.74, 6) is -0.336. The Morgan fingerprint density at radius 3 is 2.42 bits per heavy atom. The Bertz CT molecular complexity index is 1130. The highest BCUT2D eigenvalue weighted by atomic mass is 19.4. The van der Waals surface area contributed by atoms with Gasteiger partial charge < -0.3 is 14.8 Å². The molecule has 1 amide bonds. The van der Waals surface area contributed by atoms with E-state index in [-0.39, 0.29) is 5.75 Å². The van der Waals surface area contributed by atoms with Crippen LogP contribution in [0.1, 0.15) is 37.6 Å². The van der Waals surface area contributed by atoms with Crippen molar-refractivity contribution in [2.24, 2.45) is 0 Å². The van der Waals surface area contributed by atoms with Gasteiger partial charge in [-0.3, -0.25) is 9.48 Å². The van der Waals surface area contributed by atoms with Gasteiger partial charge in [0.1, 0.15) is 23.3 Å². The number of alkyl halides is 3. The molecule has 0 aliphatic rings. The first-order valence-corrected chi connectivity index (χ1v) is 10.2. The zero-order valence-electron chi connectivity index (χ0n) is 18.4. The molecule has 3 rings (SSSR count). The summed E-state index contributed by atoms with van der Waals surface area (Å²) < 4.78 is 48.2. The molecule has 0 fully saturated rings. The van der Waals surface area contributed by atoms with Crippen LogP contribution >= 0.6 is 0 Å². The normalized spacial score (nSPS) is 11.9. The number of fused-ring (bicyclic) bond motifs is 1. The SMILES string of the molecule is CC(C)(C)OC(=O)NCCCn1nc(-c2ccc(OC(F)(F)F)cc2)c2cc(C=O)ccc21. The third kappa shape index (κ3) is 6.71. The molecular weight excluding hydrogens is 439 g/mol. The summed E-state index contributed by atoms with van der Waals surface area (Å²) in [6.45, 7) is 6.15.